The number of carbonyl (C=O) groups excluding carboxylic acids is 1. The van der Waals surface area contributed by atoms with E-state index in [0.717, 1.165) is 61.5 Å². The number of aromatic amines is 1. The SMILES string of the molecule is Cc1c(C(=O)NC[C@H](C)Oc2ccc(CN3CCN(Cc4cccnc4)CC3)cc2)[nH]c2ccc(Cl)cc12. The molecule has 0 saturated carbocycles. The molecule has 0 spiro atoms. The van der Waals surface area contributed by atoms with Gasteiger partial charge in [-0.1, -0.05) is 29.8 Å². The van der Waals surface area contributed by atoms with E-state index in [9.17, 15) is 4.79 Å². The summed E-state index contributed by atoms with van der Waals surface area (Å²) in [4.78, 5) is 25.2. The number of carbonyl (C=O) groups is 1. The number of aryl methyl sites for hydroxylation is 1. The maximum atomic E-state index is 12.8. The summed E-state index contributed by atoms with van der Waals surface area (Å²) < 4.78 is 6.05. The van der Waals surface area contributed by atoms with Crippen molar-refractivity contribution in [2.24, 2.45) is 0 Å². The lowest BCUT2D eigenvalue weighted by atomic mass is 10.1. The number of piperazine rings is 1. The molecule has 198 valence electrons. The molecule has 38 heavy (non-hydrogen) atoms. The van der Waals surface area contributed by atoms with Crippen LogP contribution in [0.3, 0.4) is 0 Å². The van der Waals surface area contributed by atoms with Gasteiger partial charge in [0, 0.05) is 67.6 Å². The zero-order valence-electron chi connectivity index (χ0n) is 21.9. The summed E-state index contributed by atoms with van der Waals surface area (Å²) in [6.07, 6.45) is 3.60. The average molecular weight is 532 g/mol. The van der Waals surface area contributed by atoms with Crippen LogP contribution in [-0.4, -0.2) is 64.5 Å². The van der Waals surface area contributed by atoms with Crippen molar-refractivity contribution in [3.8, 4) is 5.75 Å². The van der Waals surface area contributed by atoms with Gasteiger partial charge in [0.25, 0.3) is 5.91 Å². The van der Waals surface area contributed by atoms with Crippen LogP contribution in [0.2, 0.25) is 5.02 Å². The van der Waals surface area contributed by atoms with E-state index in [1.165, 1.54) is 11.1 Å². The van der Waals surface area contributed by atoms with Crippen molar-refractivity contribution in [3.05, 3.63) is 94.4 Å². The van der Waals surface area contributed by atoms with E-state index in [0.29, 0.717) is 17.3 Å². The highest BCUT2D eigenvalue weighted by atomic mass is 35.5. The second kappa shape index (κ2) is 12.0. The number of rotatable bonds is 9. The van der Waals surface area contributed by atoms with Crippen LogP contribution in [-0.2, 0) is 13.1 Å². The van der Waals surface area contributed by atoms with Crippen LogP contribution < -0.4 is 10.1 Å². The van der Waals surface area contributed by atoms with E-state index in [2.05, 4.69) is 43.3 Å². The van der Waals surface area contributed by atoms with E-state index in [1.807, 2.05) is 62.6 Å². The Balaban J connectivity index is 1.06. The summed E-state index contributed by atoms with van der Waals surface area (Å²) in [5.74, 6) is 0.648. The minimum atomic E-state index is -0.170. The van der Waals surface area contributed by atoms with Gasteiger partial charge in [0.05, 0.1) is 6.54 Å². The second-order valence-electron chi connectivity index (χ2n) is 10.0. The molecular weight excluding hydrogens is 498 g/mol. The topological polar surface area (TPSA) is 73.5 Å². The molecule has 3 heterocycles. The van der Waals surface area contributed by atoms with Gasteiger partial charge in [0.15, 0.2) is 0 Å². The Morgan fingerprint density at radius 2 is 1.76 bits per heavy atom. The molecular formula is C30H34ClN5O2. The zero-order chi connectivity index (χ0) is 26.5. The Morgan fingerprint density at radius 1 is 1.05 bits per heavy atom. The summed E-state index contributed by atoms with van der Waals surface area (Å²) >= 11 is 6.11. The summed E-state index contributed by atoms with van der Waals surface area (Å²) in [5, 5.41) is 4.59. The minimum Gasteiger partial charge on any atom is -0.489 e. The Bertz CT molecular complexity index is 1360. The number of nitrogens with one attached hydrogen (secondary N) is 2. The number of aromatic nitrogens is 2. The molecule has 1 aliphatic rings. The molecule has 1 fully saturated rings. The first-order valence-corrected chi connectivity index (χ1v) is 13.5. The van der Waals surface area contributed by atoms with E-state index < -0.39 is 0 Å². The van der Waals surface area contributed by atoms with Gasteiger partial charge in [0.1, 0.15) is 17.5 Å². The number of H-pyrrole nitrogens is 1. The summed E-state index contributed by atoms with van der Waals surface area (Å²) in [7, 11) is 0. The van der Waals surface area contributed by atoms with Gasteiger partial charge in [-0.05, 0) is 66.9 Å². The average Bonchev–Trinajstić information content (AvgIpc) is 3.26. The zero-order valence-corrected chi connectivity index (χ0v) is 22.7. The fourth-order valence-corrected chi connectivity index (χ4v) is 5.08. The van der Waals surface area contributed by atoms with Crippen molar-refractivity contribution in [1.29, 1.82) is 0 Å². The molecule has 2 aromatic carbocycles. The van der Waals surface area contributed by atoms with Crippen molar-refractivity contribution < 1.29 is 9.53 Å². The molecule has 0 unspecified atom stereocenters. The molecule has 2 N–H and O–H groups in total. The quantitative estimate of drug-likeness (QED) is 0.316. The van der Waals surface area contributed by atoms with E-state index in [4.69, 9.17) is 16.3 Å². The third-order valence-electron chi connectivity index (χ3n) is 7.06. The number of benzene rings is 2. The molecule has 7 nitrogen and oxygen atoms in total. The van der Waals surface area contributed by atoms with Gasteiger partial charge >= 0.3 is 0 Å². The maximum Gasteiger partial charge on any atom is 0.268 e. The van der Waals surface area contributed by atoms with Gasteiger partial charge in [-0.3, -0.25) is 19.6 Å². The van der Waals surface area contributed by atoms with Crippen LogP contribution in [0.25, 0.3) is 10.9 Å². The number of hydrogen-bond donors (Lipinski definition) is 2. The minimum absolute atomic E-state index is 0.152. The molecule has 2 aromatic heterocycles. The predicted molar refractivity (Wildman–Crippen MR) is 152 cm³/mol. The fraction of sp³-hybridized carbons (Fsp3) is 0.333. The predicted octanol–water partition coefficient (Wildman–Crippen LogP) is 5.04. The molecule has 0 aliphatic carbocycles. The smallest absolute Gasteiger partial charge is 0.268 e. The Morgan fingerprint density at radius 3 is 2.45 bits per heavy atom. The monoisotopic (exact) mass is 531 g/mol. The fourth-order valence-electron chi connectivity index (χ4n) is 4.91. The standard InChI is InChI=1S/C30H34ClN5O2/c1-21(17-33-30(37)29-22(2)27-16-25(31)7-10-28(27)34-29)38-26-8-5-23(6-9-26)19-35-12-14-36(15-13-35)20-24-4-3-11-32-18-24/h3-11,16,18,21,34H,12-15,17,19-20H2,1-2H3,(H,33,37)/t21-/m0/s1. The van der Waals surface area contributed by atoms with E-state index >= 15 is 0 Å². The number of amides is 1. The Labute approximate surface area is 228 Å². The van der Waals surface area contributed by atoms with Crippen LogP contribution in [0.4, 0.5) is 0 Å². The van der Waals surface area contributed by atoms with Crippen molar-refractivity contribution in [3.63, 3.8) is 0 Å². The van der Waals surface area contributed by atoms with Crippen LogP contribution in [0.1, 0.15) is 34.1 Å². The molecule has 5 rings (SSSR count). The van der Waals surface area contributed by atoms with Crippen molar-refractivity contribution in [1.82, 2.24) is 25.1 Å². The number of pyridine rings is 1. The normalized spacial score (nSPS) is 15.4. The van der Waals surface area contributed by atoms with Gasteiger partial charge < -0.3 is 15.0 Å². The highest BCUT2D eigenvalue weighted by Gasteiger charge is 2.18. The first-order chi connectivity index (χ1) is 18.4. The molecule has 4 aromatic rings. The van der Waals surface area contributed by atoms with Gasteiger partial charge in [-0.2, -0.15) is 0 Å². The number of fused-ring (bicyclic) bond motifs is 1. The molecule has 8 heteroatoms. The van der Waals surface area contributed by atoms with Crippen molar-refractivity contribution >= 4 is 28.4 Å². The van der Waals surface area contributed by atoms with Gasteiger partial charge in [0.2, 0.25) is 0 Å². The Kier molecular flexibility index (Phi) is 8.27. The summed E-state index contributed by atoms with van der Waals surface area (Å²) in [6, 6.07) is 18.0. The van der Waals surface area contributed by atoms with Crippen LogP contribution in [0.15, 0.2) is 67.0 Å². The lowest BCUT2D eigenvalue weighted by Crippen LogP contribution is -2.45. The maximum absolute atomic E-state index is 12.8. The lowest BCUT2D eigenvalue weighted by Gasteiger charge is -2.34. The molecule has 1 aliphatic heterocycles. The number of nitrogens with zero attached hydrogens (tertiary/aromatic N) is 3. The molecule has 0 bridgehead atoms. The first kappa shape index (κ1) is 26.2. The number of hydrogen-bond acceptors (Lipinski definition) is 5. The molecule has 1 atom stereocenters. The third-order valence-corrected chi connectivity index (χ3v) is 7.29. The first-order valence-electron chi connectivity index (χ1n) is 13.1. The molecule has 1 amide bonds. The van der Waals surface area contributed by atoms with Crippen LogP contribution in [0.5, 0.6) is 5.75 Å². The second-order valence-corrected chi connectivity index (χ2v) is 10.4. The van der Waals surface area contributed by atoms with Gasteiger partial charge in [-0.15, -0.1) is 0 Å². The number of ether oxygens (including phenoxy) is 1. The van der Waals surface area contributed by atoms with Crippen molar-refractivity contribution in [2.75, 3.05) is 32.7 Å². The van der Waals surface area contributed by atoms with E-state index in [1.54, 1.807) is 0 Å². The Hall–Kier alpha value is -3.39. The van der Waals surface area contributed by atoms with Gasteiger partial charge in [-0.25, -0.2) is 0 Å². The van der Waals surface area contributed by atoms with Crippen LogP contribution in [0, 0.1) is 6.92 Å². The number of halogens is 1. The lowest BCUT2D eigenvalue weighted by molar-refractivity contribution is 0.0927. The largest absolute Gasteiger partial charge is 0.489 e. The highest BCUT2D eigenvalue weighted by molar-refractivity contribution is 6.31. The molecule has 0 radical (unpaired) electrons. The summed E-state index contributed by atoms with van der Waals surface area (Å²) in [5.41, 5.74) is 4.88. The molecule has 1 saturated heterocycles. The van der Waals surface area contributed by atoms with Crippen LogP contribution >= 0.6 is 11.6 Å². The highest BCUT2D eigenvalue weighted by Crippen LogP contribution is 2.25. The van der Waals surface area contributed by atoms with E-state index in [-0.39, 0.29) is 12.0 Å². The third kappa shape index (κ3) is 6.54. The summed E-state index contributed by atoms with van der Waals surface area (Å²) in [6.45, 7) is 10.4. The van der Waals surface area contributed by atoms with Crippen molar-refractivity contribution in [2.45, 2.75) is 33.0 Å².